The Labute approximate surface area is 157 Å². The molecule has 0 saturated carbocycles. The van der Waals surface area contributed by atoms with Crippen LogP contribution in [0.15, 0.2) is 59.1 Å². The van der Waals surface area contributed by atoms with Crippen LogP contribution in [-0.2, 0) is 28.7 Å². The molecule has 0 atom stereocenters. The van der Waals surface area contributed by atoms with Gasteiger partial charge in [0.15, 0.2) is 11.7 Å². The van der Waals surface area contributed by atoms with Crippen molar-refractivity contribution in [1.82, 2.24) is 4.98 Å². The number of ether oxygens (including phenoxy) is 1. The Bertz CT molecular complexity index is 949. The largest absolute Gasteiger partial charge is 0.461 e. The molecule has 3 rings (SSSR count). The van der Waals surface area contributed by atoms with E-state index in [1.165, 1.54) is 24.4 Å². The average Bonchev–Trinajstić information content (AvgIpc) is 3.13. The number of benzene rings is 2. The lowest BCUT2D eigenvalue weighted by Gasteiger charge is -2.08. The van der Waals surface area contributed by atoms with Crippen LogP contribution >= 0.6 is 0 Å². The van der Waals surface area contributed by atoms with Crippen LogP contribution in [0.1, 0.15) is 23.4 Å². The number of carbonyl (C=O) groups is 1. The number of rotatable bonds is 6. The number of hydrogen-bond donors (Lipinski definition) is 0. The van der Waals surface area contributed by atoms with Gasteiger partial charge in [-0.2, -0.15) is 13.2 Å². The van der Waals surface area contributed by atoms with Crippen molar-refractivity contribution in [2.45, 2.75) is 25.6 Å². The molecular weight excluding hydrogens is 378 g/mol. The lowest BCUT2D eigenvalue weighted by Crippen LogP contribution is -2.07. The van der Waals surface area contributed by atoms with E-state index in [0.717, 1.165) is 12.1 Å². The van der Waals surface area contributed by atoms with Gasteiger partial charge in [-0.15, -0.1) is 0 Å². The zero-order valence-electron chi connectivity index (χ0n) is 14.5. The first-order chi connectivity index (χ1) is 13.3. The van der Waals surface area contributed by atoms with Gasteiger partial charge in [0.1, 0.15) is 12.4 Å². The maximum Gasteiger partial charge on any atom is 0.416 e. The molecule has 0 unspecified atom stereocenters. The normalized spacial score (nSPS) is 11.4. The van der Waals surface area contributed by atoms with Crippen molar-refractivity contribution in [2.24, 2.45) is 0 Å². The van der Waals surface area contributed by atoms with Gasteiger partial charge in [0.25, 0.3) is 0 Å². The molecule has 8 heteroatoms. The highest BCUT2D eigenvalue weighted by molar-refractivity contribution is 5.69. The first kappa shape index (κ1) is 19.6. The number of aryl methyl sites for hydroxylation is 1. The van der Waals surface area contributed by atoms with Crippen molar-refractivity contribution in [3.8, 4) is 11.3 Å². The number of halogens is 4. The summed E-state index contributed by atoms with van der Waals surface area (Å²) in [6.07, 6.45) is -2.91. The summed E-state index contributed by atoms with van der Waals surface area (Å²) >= 11 is 0. The van der Waals surface area contributed by atoms with Crippen LogP contribution in [0.2, 0.25) is 0 Å². The monoisotopic (exact) mass is 393 g/mol. The topological polar surface area (TPSA) is 52.3 Å². The molecule has 0 N–H and O–H groups in total. The van der Waals surface area contributed by atoms with E-state index in [-0.39, 0.29) is 36.7 Å². The van der Waals surface area contributed by atoms with Gasteiger partial charge < -0.3 is 9.15 Å². The Morgan fingerprint density at radius 1 is 1.07 bits per heavy atom. The summed E-state index contributed by atoms with van der Waals surface area (Å²) in [5, 5.41) is 0. The number of hydrogen-bond acceptors (Lipinski definition) is 4. The summed E-state index contributed by atoms with van der Waals surface area (Å²) in [4.78, 5) is 15.8. The molecule has 28 heavy (non-hydrogen) atoms. The molecule has 0 fully saturated rings. The molecule has 0 aliphatic rings. The van der Waals surface area contributed by atoms with Gasteiger partial charge in [-0.25, -0.2) is 9.37 Å². The van der Waals surface area contributed by atoms with Crippen LogP contribution in [0.5, 0.6) is 0 Å². The first-order valence-electron chi connectivity index (χ1n) is 8.34. The SMILES string of the molecule is O=C(CCc1ncc(-c2ccccc2F)o1)OCc1ccc(C(F)(F)F)cc1. The van der Waals surface area contributed by atoms with E-state index >= 15 is 0 Å². The Hall–Kier alpha value is -3.16. The summed E-state index contributed by atoms with van der Waals surface area (Å²) in [6, 6.07) is 10.5. The average molecular weight is 393 g/mol. The van der Waals surface area contributed by atoms with Crippen LogP contribution in [0, 0.1) is 5.82 Å². The lowest BCUT2D eigenvalue weighted by molar-refractivity contribution is -0.145. The fourth-order valence-corrected chi connectivity index (χ4v) is 2.45. The maximum absolute atomic E-state index is 13.7. The van der Waals surface area contributed by atoms with Crippen molar-refractivity contribution >= 4 is 5.97 Å². The number of oxazole rings is 1. The van der Waals surface area contributed by atoms with Crippen LogP contribution in [0.25, 0.3) is 11.3 Å². The Balaban J connectivity index is 1.49. The van der Waals surface area contributed by atoms with E-state index in [0.29, 0.717) is 5.56 Å². The highest BCUT2D eigenvalue weighted by Crippen LogP contribution is 2.29. The van der Waals surface area contributed by atoms with Crippen molar-refractivity contribution < 1.29 is 31.5 Å². The van der Waals surface area contributed by atoms with Crippen molar-refractivity contribution in [3.63, 3.8) is 0 Å². The second-order valence-corrected chi connectivity index (χ2v) is 5.95. The summed E-state index contributed by atoms with van der Waals surface area (Å²) in [7, 11) is 0. The number of carbonyl (C=O) groups excluding carboxylic acids is 1. The number of aromatic nitrogens is 1. The number of esters is 1. The predicted octanol–water partition coefficient (Wildman–Crippen LogP) is 5.18. The molecular formula is C20H15F4NO3. The Kier molecular flexibility index (Phi) is 5.77. The van der Waals surface area contributed by atoms with Crippen LogP contribution in [0.3, 0.4) is 0 Å². The minimum atomic E-state index is -4.41. The predicted molar refractivity (Wildman–Crippen MR) is 91.5 cm³/mol. The zero-order chi connectivity index (χ0) is 20.1. The maximum atomic E-state index is 13.7. The fourth-order valence-electron chi connectivity index (χ4n) is 2.45. The zero-order valence-corrected chi connectivity index (χ0v) is 14.5. The Morgan fingerprint density at radius 2 is 1.79 bits per heavy atom. The summed E-state index contributed by atoms with van der Waals surface area (Å²) in [5.74, 6) is -0.484. The molecule has 1 aromatic heterocycles. The van der Waals surface area contributed by atoms with Gasteiger partial charge in [-0.05, 0) is 29.8 Å². The van der Waals surface area contributed by atoms with E-state index in [1.807, 2.05) is 0 Å². The van der Waals surface area contributed by atoms with E-state index in [2.05, 4.69) is 4.98 Å². The molecule has 0 saturated heterocycles. The molecule has 1 heterocycles. The molecule has 4 nitrogen and oxygen atoms in total. The van der Waals surface area contributed by atoms with Crippen molar-refractivity contribution in [1.29, 1.82) is 0 Å². The van der Waals surface area contributed by atoms with E-state index in [1.54, 1.807) is 18.2 Å². The van der Waals surface area contributed by atoms with Crippen LogP contribution in [-0.4, -0.2) is 11.0 Å². The quantitative estimate of drug-likeness (QED) is 0.428. The standard InChI is InChI=1S/C20H15F4NO3/c21-16-4-2-1-3-15(16)17-11-25-18(28-17)9-10-19(26)27-12-13-5-7-14(8-6-13)20(22,23)24/h1-8,11H,9-10,12H2. The molecule has 0 aliphatic carbocycles. The third-order valence-corrected chi connectivity index (χ3v) is 3.92. The molecule has 0 aliphatic heterocycles. The summed E-state index contributed by atoms with van der Waals surface area (Å²) in [6.45, 7) is -0.136. The van der Waals surface area contributed by atoms with Crippen LogP contribution in [0.4, 0.5) is 17.6 Å². The molecule has 0 spiro atoms. The minimum Gasteiger partial charge on any atom is -0.461 e. The second-order valence-electron chi connectivity index (χ2n) is 5.95. The second kappa shape index (κ2) is 8.24. The molecule has 146 valence electrons. The summed E-state index contributed by atoms with van der Waals surface area (Å²) in [5.41, 5.74) is -0.0532. The third kappa shape index (κ3) is 4.97. The molecule has 2 aromatic carbocycles. The molecule has 3 aromatic rings. The van der Waals surface area contributed by atoms with Gasteiger partial charge in [-0.1, -0.05) is 24.3 Å². The number of alkyl halides is 3. The third-order valence-electron chi connectivity index (χ3n) is 3.92. The summed E-state index contributed by atoms with van der Waals surface area (Å²) < 4.78 is 61.7. The van der Waals surface area contributed by atoms with Gasteiger partial charge in [0.2, 0.25) is 0 Å². The van der Waals surface area contributed by atoms with Crippen molar-refractivity contribution in [2.75, 3.05) is 0 Å². The molecule has 0 amide bonds. The van der Waals surface area contributed by atoms with Crippen LogP contribution < -0.4 is 0 Å². The van der Waals surface area contributed by atoms with E-state index in [9.17, 15) is 22.4 Å². The van der Waals surface area contributed by atoms with E-state index in [4.69, 9.17) is 9.15 Å². The smallest absolute Gasteiger partial charge is 0.416 e. The first-order valence-corrected chi connectivity index (χ1v) is 8.34. The Morgan fingerprint density at radius 3 is 2.46 bits per heavy atom. The molecule has 0 bridgehead atoms. The highest BCUT2D eigenvalue weighted by atomic mass is 19.4. The van der Waals surface area contributed by atoms with Gasteiger partial charge in [-0.3, -0.25) is 4.79 Å². The van der Waals surface area contributed by atoms with Gasteiger partial charge >= 0.3 is 12.1 Å². The van der Waals surface area contributed by atoms with Crippen molar-refractivity contribution in [3.05, 3.63) is 77.6 Å². The highest BCUT2D eigenvalue weighted by Gasteiger charge is 2.29. The minimum absolute atomic E-state index is 0.0299. The van der Waals surface area contributed by atoms with Gasteiger partial charge in [0.05, 0.1) is 23.7 Å². The number of nitrogens with zero attached hydrogens (tertiary/aromatic N) is 1. The van der Waals surface area contributed by atoms with E-state index < -0.39 is 23.5 Å². The fraction of sp³-hybridized carbons (Fsp3) is 0.200. The molecule has 0 radical (unpaired) electrons. The lowest BCUT2D eigenvalue weighted by atomic mass is 10.1. The van der Waals surface area contributed by atoms with Gasteiger partial charge in [0, 0.05) is 6.42 Å².